The zero-order valence-electron chi connectivity index (χ0n) is 20.6. The molecule has 0 unspecified atom stereocenters. The zero-order valence-corrected chi connectivity index (χ0v) is 21.4. The summed E-state index contributed by atoms with van der Waals surface area (Å²) in [5, 5.41) is 18.7. The Labute approximate surface area is 222 Å². The van der Waals surface area contributed by atoms with Crippen molar-refractivity contribution in [3.63, 3.8) is 0 Å². The Morgan fingerprint density at radius 1 is 1.00 bits per heavy atom. The topological polar surface area (TPSA) is 77.1 Å². The number of aromatic nitrogens is 4. The second-order valence-electron chi connectivity index (χ2n) is 11.4. The lowest BCUT2D eigenvalue weighted by atomic mass is 9.73. The minimum Gasteiger partial charge on any atom is -0.355 e. The molecule has 0 radical (unpaired) electrons. The van der Waals surface area contributed by atoms with Gasteiger partial charge in [0.25, 0.3) is 5.92 Å². The van der Waals surface area contributed by atoms with Crippen molar-refractivity contribution in [2.75, 3.05) is 36.0 Å². The Hall–Kier alpha value is -3.36. The average Bonchev–Trinajstić information content (AvgIpc) is 3.11. The van der Waals surface area contributed by atoms with Gasteiger partial charge in [0.05, 0.1) is 12.2 Å². The van der Waals surface area contributed by atoms with Crippen LogP contribution in [0.5, 0.6) is 0 Å². The predicted molar refractivity (Wildman–Crippen MR) is 134 cm³/mol. The van der Waals surface area contributed by atoms with Crippen LogP contribution in [0.1, 0.15) is 36.8 Å². The molecule has 1 saturated carbocycles. The largest absolute Gasteiger partial charge is 0.355 e. The number of rotatable bonds is 3. The molecule has 1 aliphatic carbocycles. The molecule has 8 nitrogen and oxygen atoms in total. The third kappa shape index (κ3) is 3.57. The molecule has 2 aromatic heterocycles. The van der Waals surface area contributed by atoms with Crippen molar-refractivity contribution in [3.05, 3.63) is 58.3 Å². The van der Waals surface area contributed by atoms with E-state index < -0.39 is 17.3 Å². The zero-order chi connectivity index (χ0) is 26.4. The Morgan fingerprint density at radius 2 is 1.74 bits per heavy atom. The molecule has 4 aliphatic rings. The van der Waals surface area contributed by atoms with Crippen LogP contribution >= 0.6 is 11.6 Å². The van der Waals surface area contributed by atoms with E-state index in [4.69, 9.17) is 16.9 Å². The van der Waals surface area contributed by atoms with E-state index in [-0.39, 0.29) is 24.0 Å². The molecule has 12 heteroatoms. The quantitative estimate of drug-likeness (QED) is 0.494. The number of nitriles is 1. The van der Waals surface area contributed by atoms with Gasteiger partial charge in [0.1, 0.15) is 11.9 Å². The molecule has 3 aliphatic heterocycles. The van der Waals surface area contributed by atoms with Gasteiger partial charge in [0.2, 0.25) is 5.95 Å². The van der Waals surface area contributed by atoms with Gasteiger partial charge in [-0.15, -0.1) is 10.2 Å². The number of halogens is 4. The van der Waals surface area contributed by atoms with Crippen molar-refractivity contribution in [1.82, 2.24) is 24.6 Å². The van der Waals surface area contributed by atoms with Gasteiger partial charge in [-0.05, 0) is 42.8 Å². The SMILES string of the molecule is CC1(N2Cc3cc(Cl)ccc3-n3c(nnc3N3CC4(CN(c5ccc(F)c(C#N)n5)C4)C3)C2)CC(F)(F)C1. The van der Waals surface area contributed by atoms with Crippen molar-refractivity contribution in [1.29, 1.82) is 5.26 Å². The van der Waals surface area contributed by atoms with Gasteiger partial charge in [0, 0.05) is 61.5 Å². The van der Waals surface area contributed by atoms with Crippen molar-refractivity contribution >= 4 is 23.4 Å². The van der Waals surface area contributed by atoms with Crippen LogP contribution in [0.4, 0.5) is 24.9 Å². The van der Waals surface area contributed by atoms with Crippen molar-refractivity contribution < 1.29 is 13.2 Å². The first-order valence-electron chi connectivity index (χ1n) is 12.5. The summed E-state index contributed by atoms with van der Waals surface area (Å²) in [7, 11) is 0. The van der Waals surface area contributed by atoms with Gasteiger partial charge >= 0.3 is 0 Å². The van der Waals surface area contributed by atoms with Gasteiger partial charge < -0.3 is 9.80 Å². The summed E-state index contributed by atoms with van der Waals surface area (Å²) in [6, 6.07) is 10.4. The summed E-state index contributed by atoms with van der Waals surface area (Å²) in [6.07, 6.45) is -0.360. The van der Waals surface area contributed by atoms with Crippen LogP contribution in [0.2, 0.25) is 5.02 Å². The first kappa shape index (κ1) is 23.7. The van der Waals surface area contributed by atoms with E-state index in [1.807, 2.05) is 34.6 Å². The number of alkyl halides is 2. The standard InChI is InChI=1S/C26H24ClF3N8/c1-24(10-26(29,30)11-24)37-8-16-6-17(27)2-4-20(16)38-22(9-37)33-34-23(38)36-14-25(15-36)12-35(13-25)21-5-3-18(28)19(7-31)32-21/h2-6H,8-15H2,1H3. The number of fused-ring (bicyclic) bond motifs is 3. The van der Waals surface area contributed by atoms with Gasteiger partial charge in [-0.1, -0.05) is 11.6 Å². The molecule has 0 atom stereocenters. The van der Waals surface area contributed by atoms with Crippen molar-refractivity contribution in [2.45, 2.75) is 44.3 Å². The predicted octanol–water partition coefficient (Wildman–Crippen LogP) is 4.16. The maximum Gasteiger partial charge on any atom is 0.251 e. The molecule has 2 saturated heterocycles. The lowest BCUT2D eigenvalue weighted by Crippen LogP contribution is -2.73. The van der Waals surface area contributed by atoms with Crippen LogP contribution in [-0.2, 0) is 13.1 Å². The third-order valence-corrected chi connectivity index (χ3v) is 8.62. The average molecular weight is 541 g/mol. The molecule has 3 aromatic rings. The Bertz CT molecular complexity index is 1490. The second kappa shape index (κ2) is 7.83. The summed E-state index contributed by atoms with van der Waals surface area (Å²) in [4.78, 5) is 10.4. The Kier molecular flexibility index (Phi) is 4.89. The summed E-state index contributed by atoms with van der Waals surface area (Å²) < 4.78 is 43.5. The summed E-state index contributed by atoms with van der Waals surface area (Å²) >= 11 is 6.34. The number of hydrogen-bond acceptors (Lipinski definition) is 7. The Morgan fingerprint density at radius 3 is 2.45 bits per heavy atom. The van der Waals surface area contributed by atoms with E-state index in [1.165, 1.54) is 6.07 Å². The fourth-order valence-electron chi connectivity index (χ4n) is 6.58. The minimum atomic E-state index is -2.64. The fourth-order valence-corrected chi connectivity index (χ4v) is 6.77. The van der Waals surface area contributed by atoms with Gasteiger partial charge in [-0.2, -0.15) is 5.26 Å². The molecular weight excluding hydrogens is 517 g/mol. The highest BCUT2D eigenvalue weighted by molar-refractivity contribution is 6.30. The van der Waals surface area contributed by atoms with E-state index in [0.29, 0.717) is 29.8 Å². The lowest BCUT2D eigenvalue weighted by Gasteiger charge is -2.60. The number of nitrogens with zero attached hydrogens (tertiary/aromatic N) is 8. The summed E-state index contributed by atoms with van der Waals surface area (Å²) in [5.41, 5.74) is 1.10. The van der Waals surface area contributed by atoms with Crippen molar-refractivity contribution in [3.8, 4) is 11.8 Å². The van der Waals surface area contributed by atoms with Crippen LogP contribution < -0.4 is 9.80 Å². The second-order valence-corrected chi connectivity index (χ2v) is 11.8. The molecule has 1 spiro atoms. The number of hydrogen-bond donors (Lipinski definition) is 0. The molecule has 7 rings (SSSR count). The maximum atomic E-state index is 13.9. The minimum absolute atomic E-state index is 0.0554. The molecule has 38 heavy (non-hydrogen) atoms. The van der Waals surface area contributed by atoms with E-state index in [9.17, 15) is 13.2 Å². The van der Waals surface area contributed by atoms with Gasteiger partial charge in [-0.25, -0.2) is 18.2 Å². The Balaban J connectivity index is 1.13. The molecule has 5 heterocycles. The van der Waals surface area contributed by atoms with Crippen molar-refractivity contribution in [2.24, 2.45) is 5.41 Å². The van der Waals surface area contributed by atoms with Crippen LogP contribution in [-0.4, -0.2) is 62.3 Å². The van der Waals surface area contributed by atoms with E-state index in [1.54, 1.807) is 12.1 Å². The third-order valence-electron chi connectivity index (χ3n) is 8.38. The number of benzene rings is 1. The molecule has 0 N–H and O–H groups in total. The maximum absolute atomic E-state index is 13.9. The smallest absolute Gasteiger partial charge is 0.251 e. The van der Waals surface area contributed by atoms with Crippen LogP contribution in [0.3, 0.4) is 0 Å². The van der Waals surface area contributed by atoms with Gasteiger partial charge in [0.15, 0.2) is 17.3 Å². The highest BCUT2D eigenvalue weighted by Gasteiger charge is 2.57. The van der Waals surface area contributed by atoms with Crippen LogP contribution in [0, 0.1) is 22.6 Å². The molecular formula is C26H24ClF3N8. The molecule has 0 bridgehead atoms. The highest BCUT2D eigenvalue weighted by atomic mass is 35.5. The summed E-state index contributed by atoms with van der Waals surface area (Å²) in [5.74, 6) is -1.21. The van der Waals surface area contributed by atoms with E-state index in [2.05, 4.69) is 25.0 Å². The van der Waals surface area contributed by atoms with E-state index in [0.717, 1.165) is 43.4 Å². The molecule has 1 aromatic carbocycles. The first-order chi connectivity index (χ1) is 18.1. The van der Waals surface area contributed by atoms with Gasteiger partial charge in [-0.3, -0.25) is 9.47 Å². The van der Waals surface area contributed by atoms with E-state index >= 15 is 0 Å². The molecule has 3 fully saturated rings. The summed E-state index contributed by atoms with van der Waals surface area (Å²) in [6.45, 7) is 5.84. The first-order valence-corrected chi connectivity index (χ1v) is 12.9. The normalized spacial score (nSPS) is 22.4. The number of anilines is 2. The van der Waals surface area contributed by atoms with Crippen LogP contribution in [0.15, 0.2) is 30.3 Å². The monoisotopic (exact) mass is 540 g/mol. The highest BCUT2D eigenvalue weighted by Crippen LogP contribution is 2.51. The lowest BCUT2D eigenvalue weighted by molar-refractivity contribution is -0.173. The fraction of sp³-hybridized carbons (Fsp3) is 0.462. The molecule has 196 valence electrons. The van der Waals surface area contributed by atoms with Crippen LogP contribution in [0.25, 0.3) is 5.69 Å². The number of pyridine rings is 1. The molecule has 0 amide bonds.